The van der Waals surface area contributed by atoms with Crippen molar-refractivity contribution in [2.45, 2.75) is 37.4 Å². The molecule has 158 valence electrons. The lowest BCUT2D eigenvalue weighted by molar-refractivity contribution is -0.120. The van der Waals surface area contributed by atoms with Gasteiger partial charge in [-0.15, -0.1) is 11.3 Å². The van der Waals surface area contributed by atoms with Crippen LogP contribution in [0.2, 0.25) is 0 Å². The van der Waals surface area contributed by atoms with E-state index in [1.807, 2.05) is 12.1 Å². The number of thiophene rings is 1. The molecule has 1 saturated heterocycles. The molecule has 6 nitrogen and oxygen atoms in total. The standard InChI is InChI=1S/C21H28N2O4S2/c1-16(2)13-17-3-5-18(6-4-17)14-20(24)22-15-19-7-8-21(28-19)29(25,26)23-9-11-27-12-10-23/h3-8,16H,9-15H2,1-2H3,(H,22,24). The van der Waals surface area contributed by atoms with Crippen LogP contribution in [-0.2, 0) is 38.9 Å². The molecule has 1 N–H and O–H groups in total. The fraction of sp³-hybridized carbons (Fsp3) is 0.476. The number of carbonyl (C=O) groups excluding carboxylic acids is 1. The van der Waals surface area contributed by atoms with Crippen LogP contribution in [-0.4, -0.2) is 44.9 Å². The van der Waals surface area contributed by atoms with E-state index in [0.717, 1.165) is 16.9 Å². The maximum atomic E-state index is 12.7. The van der Waals surface area contributed by atoms with Gasteiger partial charge in [-0.2, -0.15) is 4.31 Å². The predicted molar refractivity (Wildman–Crippen MR) is 114 cm³/mol. The molecular formula is C21H28N2O4S2. The minimum absolute atomic E-state index is 0.0763. The number of hydrogen-bond donors (Lipinski definition) is 1. The van der Waals surface area contributed by atoms with Gasteiger partial charge in [-0.25, -0.2) is 8.42 Å². The third-order valence-corrected chi connectivity index (χ3v) is 8.14. The van der Waals surface area contributed by atoms with E-state index in [-0.39, 0.29) is 5.91 Å². The number of nitrogens with one attached hydrogen (secondary N) is 1. The molecule has 0 unspecified atom stereocenters. The van der Waals surface area contributed by atoms with Crippen molar-refractivity contribution >= 4 is 27.3 Å². The normalized spacial score (nSPS) is 15.6. The molecule has 8 heteroatoms. The lowest BCUT2D eigenvalue weighted by atomic mass is 10.0. The summed E-state index contributed by atoms with van der Waals surface area (Å²) >= 11 is 1.20. The number of rotatable bonds is 8. The molecule has 1 aromatic carbocycles. The molecule has 0 bridgehead atoms. The molecule has 3 rings (SSSR count). The molecule has 2 heterocycles. The lowest BCUT2D eigenvalue weighted by Gasteiger charge is -2.25. The Labute approximate surface area is 176 Å². The smallest absolute Gasteiger partial charge is 0.252 e. The zero-order chi connectivity index (χ0) is 20.9. The van der Waals surface area contributed by atoms with Gasteiger partial charge >= 0.3 is 0 Å². The number of amides is 1. The fourth-order valence-electron chi connectivity index (χ4n) is 3.20. The van der Waals surface area contributed by atoms with Crippen LogP contribution in [0.15, 0.2) is 40.6 Å². The Morgan fingerprint density at radius 2 is 1.76 bits per heavy atom. The number of hydrogen-bond acceptors (Lipinski definition) is 5. The molecule has 2 aromatic rings. The number of ether oxygens (including phenoxy) is 1. The van der Waals surface area contributed by atoms with E-state index in [2.05, 4.69) is 31.3 Å². The second kappa shape index (κ2) is 9.84. The number of benzene rings is 1. The first kappa shape index (κ1) is 22.0. The topological polar surface area (TPSA) is 75.7 Å². The average molecular weight is 437 g/mol. The van der Waals surface area contributed by atoms with Crippen molar-refractivity contribution in [1.82, 2.24) is 9.62 Å². The van der Waals surface area contributed by atoms with Gasteiger partial charge in [-0.3, -0.25) is 4.79 Å². The zero-order valence-electron chi connectivity index (χ0n) is 16.9. The summed E-state index contributed by atoms with van der Waals surface area (Å²) in [6.45, 7) is 6.29. The van der Waals surface area contributed by atoms with Gasteiger partial charge in [0.2, 0.25) is 5.91 Å². The van der Waals surface area contributed by atoms with E-state index < -0.39 is 10.0 Å². The summed E-state index contributed by atoms with van der Waals surface area (Å²) in [5.41, 5.74) is 2.24. The molecule has 29 heavy (non-hydrogen) atoms. The lowest BCUT2D eigenvalue weighted by Crippen LogP contribution is -2.40. The van der Waals surface area contributed by atoms with E-state index in [1.165, 1.54) is 21.2 Å². The van der Waals surface area contributed by atoms with E-state index in [1.54, 1.807) is 12.1 Å². The van der Waals surface area contributed by atoms with E-state index >= 15 is 0 Å². The minimum Gasteiger partial charge on any atom is -0.379 e. The third-order valence-electron chi connectivity index (χ3n) is 4.69. The van der Waals surface area contributed by atoms with Crippen LogP contribution in [0.1, 0.15) is 29.9 Å². The van der Waals surface area contributed by atoms with Crippen LogP contribution in [0.4, 0.5) is 0 Å². The molecule has 1 aliphatic heterocycles. The van der Waals surface area contributed by atoms with E-state index in [4.69, 9.17) is 4.74 Å². The van der Waals surface area contributed by atoms with Crippen LogP contribution in [0.25, 0.3) is 0 Å². The number of morpholine rings is 1. The van der Waals surface area contributed by atoms with Crippen LogP contribution in [0.5, 0.6) is 0 Å². The Bertz CT molecular complexity index is 914. The summed E-state index contributed by atoms with van der Waals surface area (Å²) in [6.07, 6.45) is 1.34. The average Bonchev–Trinajstić information content (AvgIpc) is 3.18. The molecule has 1 aliphatic rings. The summed E-state index contributed by atoms with van der Waals surface area (Å²) in [5.74, 6) is 0.527. The van der Waals surface area contributed by atoms with E-state index in [9.17, 15) is 13.2 Å². The predicted octanol–water partition coefficient (Wildman–Crippen LogP) is 2.83. The van der Waals surface area contributed by atoms with Gasteiger partial charge in [0.25, 0.3) is 10.0 Å². The molecular weight excluding hydrogens is 408 g/mol. The quantitative estimate of drug-likeness (QED) is 0.690. The highest BCUT2D eigenvalue weighted by Crippen LogP contribution is 2.25. The van der Waals surface area contributed by atoms with Crippen molar-refractivity contribution in [2.75, 3.05) is 26.3 Å². The van der Waals surface area contributed by atoms with Crippen LogP contribution in [0, 0.1) is 5.92 Å². The maximum absolute atomic E-state index is 12.7. The van der Waals surface area contributed by atoms with Crippen LogP contribution < -0.4 is 5.32 Å². The zero-order valence-corrected chi connectivity index (χ0v) is 18.5. The van der Waals surface area contributed by atoms with Crippen molar-refractivity contribution < 1.29 is 17.9 Å². The van der Waals surface area contributed by atoms with Crippen LogP contribution >= 0.6 is 11.3 Å². The summed E-state index contributed by atoms with van der Waals surface area (Å²) in [4.78, 5) is 13.1. The second-order valence-corrected chi connectivity index (χ2v) is 10.9. The second-order valence-electron chi connectivity index (χ2n) is 7.61. The molecule has 0 atom stereocenters. The highest BCUT2D eigenvalue weighted by molar-refractivity contribution is 7.91. The first-order valence-corrected chi connectivity index (χ1v) is 12.1. The molecule has 0 saturated carbocycles. The number of carbonyl (C=O) groups is 1. The Morgan fingerprint density at radius 3 is 2.41 bits per heavy atom. The molecule has 0 aliphatic carbocycles. The van der Waals surface area contributed by atoms with Crippen molar-refractivity contribution in [3.8, 4) is 0 Å². The molecule has 0 radical (unpaired) electrons. The minimum atomic E-state index is -3.48. The largest absolute Gasteiger partial charge is 0.379 e. The Balaban J connectivity index is 1.52. The first-order chi connectivity index (χ1) is 13.8. The Kier molecular flexibility index (Phi) is 7.45. The highest BCUT2D eigenvalue weighted by atomic mass is 32.2. The van der Waals surface area contributed by atoms with Gasteiger partial charge in [-0.05, 0) is 35.6 Å². The summed E-state index contributed by atoms with van der Waals surface area (Å²) < 4.78 is 32.3. The number of nitrogens with zero attached hydrogens (tertiary/aromatic N) is 1. The Hall–Kier alpha value is -1.74. The van der Waals surface area contributed by atoms with Gasteiger partial charge in [0.05, 0.1) is 26.2 Å². The van der Waals surface area contributed by atoms with Crippen molar-refractivity contribution in [3.05, 3.63) is 52.4 Å². The highest BCUT2D eigenvalue weighted by Gasteiger charge is 2.27. The monoisotopic (exact) mass is 436 g/mol. The molecule has 1 fully saturated rings. The summed E-state index contributed by atoms with van der Waals surface area (Å²) in [7, 11) is -3.48. The van der Waals surface area contributed by atoms with Gasteiger partial charge in [0, 0.05) is 18.0 Å². The SMILES string of the molecule is CC(C)Cc1ccc(CC(=O)NCc2ccc(S(=O)(=O)N3CCOCC3)s2)cc1. The summed E-state index contributed by atoms with van der Waals surface area (Å²) in [6, 6.07) is 11.5. The van der Waals surface area contributed by atoms with Gasteiger partial charge < -0.3 is 10.1 Å². The van der Waals surface area contributed by atoms with Crippen molar-refractivity contribution in [3.63, 3.8) is 0 Å². The molecule has 1 amide bonds. The first-order valence-electron chi connectivity index (χ1n) is 9.85. The molecule has 1 aromatic heterocycles. The summed E-state index contributed by atoms with van der Waals surface area (Å²) in [5, 5.41) is 2.88. The van der Waals surface area contributed by atoms with Crippen LogP contribution in [0.3, 0.4) is 0 Å². The molecule has 0 spiro atoms. The van der Waals surface area contributed by atoms with Gasteiger partial charge in [-0.1, -0.05) is 38.1 Å². The fourth-order valence-corrected chi connectivity index (χ4v) is 6.06. The van der Waals surface area contributed by atoms with Gasteiger partial charge in [0.1, 0.15) is 4.21 Å². The Morgan fingerprint density at radius 1 is 1.10 bits per heavy atom. The van der Waals surface area contributed by atoms with Crippen molar-refractivity contribution in [1.29, 1.82) is 0 Å². The third kappa shape index (κ3) is 6.12. The van der Waals surface area contributed by atoms with Crippen molar-refractivity contribution in [2.24, 2.45) is 5.92 Å². The maximum Gasteiger partial charge on any atom is 0.252 e. The van der Waals surface area contributed by atoms with E-state index in [0.29, 0.717) is 49.4 Å². The van der Waals surface area contributed by atoms with Gasteiger partial charge in [0.15, 0.2) is 0 Å². The number of sulfonamides is 1.